The fourth-order valence-corrected chi connectivity index (χ4v) is 3.78. The van der Waals surface area contributed by atoms with Crippen molar-refractivity contribution in [3.05, 3.63) is 77.4 Å². The summed E-state index contributed by atoms with van der Waals surface area (Å²) in [6.07, 6.45) is 3.38. The number of pyridine rings is 1. The number of carbonyl (C=O) groups excluding carboxylic acids is 1. The van der Waals surface area contributed by atoms with Crippen LogP contribution in [0.4, 0.5) is 5.69 Å². The second-order valence-electron chi connectivity index (χ2n) is 6.68. The highest BCUT2D eigenvalue weighted by molar-refractivity contribution is 7.92. The van der Waals surface area contributed by atoms with Gasteiger partial charge in [-0.1, -0.05) is 24.9 Å². The maximum atomic E-state index is 12.4. The molecule has 31 heavy (non-hydrogen) atoms. The molecular formula is C22H22ClN3O4S. The lowest BCUT2D eigenvalue weighted by atomic mass is 10.2. The Morgan fingerprint density at radius 1 is 1.03 bits per heavy atom. The van der Waals surface area contributed by atoms with Crippen LogP contribution in [0.1, 0.15) is 30.1 Å². The van der Waals surface area contributed by atoms with Gasteiger partial charge in [0.15, 0.2) is 0 Å². The molecule has 0 atom stereocenters. The SMILES string of the molecule is CCCCNC(=O)c1ccc(Oc2ccc(NS(=O)(=O)c3ccc(Cl)cc3)cc2)nc1. The van der Waals surface area contributed by atoms with Gasteiger partial charge >= 0.3 is 0 Å². The summed E-state index contributed by atoms with van der Waals surface area (Å²) in [6, 6.07) is 15.5. The van der Waals surface area contributed by atoms with Crippen molar-refractivity contribution in [2.75, 3.05) is 11.3 Å². The number of ether oxygens (including phenoxy) is 1. The second-order valence-corrected chi connectivity index (χ2v) is 8.80. The van der Waals surface area contributed by atoms with E-state index >= 15 is 0 Å². The van der Waals surface area contributed by atoms with Crippen molar-refractivity contribution in [2.45, 2.75) is 24.7 Å². The molecule has 0 bridgehead atoms. The Morgan fingerprint density at radius 2 is 1.74 bits per heavy atom. The number of anilines is 1. The molecule has 9 heteroatoms. The first-order valence-corrected chi connectivity index (χ1v) is 11.5. The number of hydrogen-bond donors (Lipinski definition) is 2. The second kappa shape index (κ2) is 10.3. The van der Waals surface area contributed by atoms with E-state index in [0.29, 0.717) is 34.4 Å². The van der Waals surface area contributed by atoms with Crippen LogP contribution < -0.4 is 14.8 Å². The van der Waals surface area contributed by atoms with Crippen molar-refractivity contribution in [1.29, 1.82) is 0 Å². The van der Waals surface area contributed by atoms with Crippen molar-refractivity contribution in [3.8, 4) is 11.6 Å². The van der Waals surface area contributed by atoms with Crippen LogP contribution in [0, 0.1) is 0 Å². The number of carbonyl (C=O) groups is 1. The Hall–Kier alpha value is -3.10. The summed E-state index contributed by atoms with van der Waals surface area (Å²) in [7, 11) is -3.72. The zero-order valence-electron chi connectivity index (χ0n) is 16.8. The van der Waals surface area contributed by atoms with Gasteiger partial charge in [0.05, 0.1) is 10.5 Å². The number of rotatable bonds is 9. The van der Waals surface area contributed by atoms with Crippen LogP contribution in [0.5, 0.6) is 11.6 Å². The van der Waals surface area contributed by atoms with Crippen LogP contribution in [0.2, 0.25) is 5.02 Å². The van der Waals surface area contributed by atoms with E-state index in [1.54, 1.807) is 36.4 Å². The number of amides is 1. The number of nitrogens with one attached hydrogen (secondary N) is 2. The number of aromatic nitrogens is 1. The van der Waals surface area contributed by atoms with Crippen molar-refractivity contribution < 1.29 is 17.9 Å². The molecule has 0 radical (unpaired) electrons. The van der Waals surface area contributed by atoms with E-state index in [1.165, 1.54) is 30.5 Å². The van der Waals surface area contributed by atoms with Gasteiger partial charge in [0.2, 0.25) is 5.88 Å². The highest BCUT2D eigenvalue weighted by Crippen LogP contribution is 2.23. The predicted octanol–water partition coefficient (Wildman–Crippen LogP) is 4.86. The van der Waals surface area contributed by atoms with E-state index in [0.717, 1.165) is 12.8 Å². The highest BCUT2D eigenvalue weighted by Gasteiger charge is 2.14. The molecule has 2 N–H and O–H groups in total. The fraction of sp³-hybridized carbons (Fsp3) is 0.182. The molecule has 1 heterocycles. The molecule has 0 saturated carbocycles. The maximum absolute atomic E-state index is 12.4. The van der Waals surface area contributed by atoms with E-state index in [2.05, 4.69) is 21.9 Å². The average molecular weight is 460 g/mol. The van der Waals surface area contributed by atoms with Gasteiger partial charge in [0.1, 0.15) is 5.75 Å². The molecule has 0 aliphatic rings. The zero-order chi connectivity index (χ0) is 22.3. The minimum Gasteiger partial charge on any atom is -0.439 e. The molecular weight excluding hydrogens is 438 g/mol. The Morgan fingerprint density at radius 3 is 2.35 bits per heavy atom. The minimum atomic E-state index is -3.72. The van der Waals surface area contributed by atoms with Gasteiger partial charge in [-0.2, -0.15) is 0 Å². The number of hydrogen-bond acceptors (Lipinski definition) is 5. The Bertz CT molecular complexity index is 1120. The summed E-state index contributed by atoms with van der Waals surface area (Å²) in [6.45, 7) is 2.68. The minimum absolute atomic E-state index is 0.111. The number of nitrogens with zero attached hydrogens (tertiary/aromatic N) is 1. The fourth-order valence-electron chi connectivity index (χ4n) is 2.60. The van der Waals surface area contributed by atoms with E-state index in [4.69, 9.17) is 16.3 Å². The molecule has 0 aliphatic carbocycles. The van der Waals surface area contributed by atoms with Crippen LogP contribution in [-0.2, 0) is 10.0 Å². The molecule has 0 aliphatic heterocycles. The van der Waals surface area contributed by atoms with Gasteiger partial charge in [0, 0.05) is 29.5 Å². The normalized spacial score (nSPS) is 11.0. The van der Waals surface area contributed by atoms with E-state index in [9.17, 15) is 13.2 Å². The number of unbranched alkanes of at least 4 members (excludes halogenated alkanes) is 1. The molecule has 0 saturated heterocycles. The molecule has 2 aromatic carbocycles. The first kappa shape index (κ1) is 22.6. The van der Waals surface area contributed by atoms with Crippen LogP contribution in [0.15, 0.2) is 71.8 Å². The third kappa shape index (κ3) is 6.44. The molecule has 0 spiro atoms. The number of halogens is 1. The summed E-state index contributed by atoms with van der Waals surface area (Å²) in [5, 5.41) is 3.28. The summed E-state index contributed by atoms with van der Waals surface area (Å²) in [5.74, 6) is 0.617. The molecule has 3 aromatic rings. The summed E-state index contributed by atoms with van der Waals surface area (Å²) < 4.78 is 33.0. The average Bonchev–Trinajstić information content (AvgIpc) is 2.76. The third-order valence-electron chi connectivity index (χ3n) is 4.27. The number of benzene rings is 2. The van der Waals surface area contributed by atoms with Gasteiger partial charge < -0.3 is 10.1 Å². The molecule has 7 nitrogen and oxygen atoms in total. The summed E-state index contributed by atoms with van der Waals surface area (Å²) >= 11 is 5.80. The van der Waals surface area contributed by atoms with Gasteiger partial charge in [0.25, 0.3) is 15.9 Å². The van der Waals surface area contributed by atoms with Crippen molar-refractivity contribution in [2.24, 2.45) is 0 Å². The van der Waals surface area contributed by atoms with Crippen LogP contribution in [-0.4, -0.2) is 25.9 Å². The quantitative estimate of drug-likeness (QED) is 0.445. The summed E-state index contributed by atoms with van der Waals surface area (Å²) in [4.78, 5) is 16.3. The molecule has 0 unspecified atom stereocenters. The Labute approximate surface area is 186 Å². The molecule has 1 aromatic heterocycles. The topological polar surface area (TPSA) is 97.4 Å². The largest absolute Gasteiger partial charge is 0.439 e. The van der Waals surface area contributed by atoms with Crippen molar-refractivity contribution in [3.63, 3.8) is 0 Å². The third-order valence-corrected chi connectivity index (χ3v) is 5.92. The standard InChI is InChI=1S/C22H22ClN3O4S/c1-2-3-14-24-22(27)16-4-13-21(25-15-16)30-19-9-7-18(8-10-19)26-31(28,29)20-11-5-17(23)6-12-20/h4-13,15,26H,2-3,14H2,1H3,(H,24,27). The molecule has 0 fully saturated rings. The zero-order valence-corrected chi connectivity index (χ0v) is 18.4. The predicted molar refractivity (Wildman–Crippen MR) is 120 cm³/mol. The van der Waals surface area contributed by atoms with Crippen LogP contribution >= 0.6 is 11.6 Å². The molecule has 3 rings (SSSR count). The summed E-state index contributed by atoms with van der Waals surface area (Å²) in [5.41, 5.74) is 0.838. The molecule has 162 valence electrons. The first-order chi connectivity index (χ1) is 14.9. The Kier molecular flexibility index (Phi) is 7.49. The van der Waals surface area contributed by atoms with E-state index < -0.39 is 10.0 Å². The highest BCUT2D eigenvalue weighted by atomic mass is 35.5. The molecule has 1 amide bonds. The van der Waals surface area contributed by atoms with E-state index in [1.807, 2.05) is 0 Å². The maximum Gasteiger partial charge on any atom is 0.261 e. The van der Waals surface area contributed by atoms with Crippen LogP contribution in [0.25, 0.3) is 0 Å². The van der Waals surface area contributed by atoms with Gasteiger partial charge in [-0.05, 0) is 61.0 Å². The van der Waals surface area contributed by atoms with Crippen molar-refractivity contribution >= 4 is 33.2 Å². The van der Waals surface area contributed by atoms with Crippen molar-refractivity contribution in [1.82, 2.24) is 10.3 Å². The lowest BCUT2D eigenvalue weighted by molar-refractivity contribution is 0.0952. The van der Waals surface area contributed by atoms with Gasteiger partial charge in [-0.15, -0.1) is 0 Å². The van der Waals surface area contributed by atoms with Crippen LogP contribution in [0.3, 0.4) is 0 Å². The van der Waals surface area contributed by atoms with Gasteiger partial charge in [-0.3, -0.25) is 9.52 Å². The van der Waals surface area contributed by atoms with Gasteiger partial charge in [-0.25, -0.2) is 13.4 Å². The smallest absolute Gasteiger partial charge is 0.261 e. The first-order valence-electron chi connectivity index (χ1n) is 9.68. The monoisotopic (exact) mass is 459 g/mol. The van der Waals surface area contributed by atoms with E-state index in [-0.39, 0.29) is 10.8 Å². The lowest BCUT2D eigenvalue weighted by Crippen LogP contribution is -2.24. The number of sulfonamides is 1. The lowest BCUT2D eigenvalue weighted by Gasteiger charge is -2.10. The Balaban J connectivity index is 1.60.